The summed E-state index contributed by atoms with van der Waals surface area (Å²) < 4.78 is 5.35. The van der Waals surface area contributed by atoms with E-state index in [4.69, 9.17) is 4.74 Å². The highest BCUT2D eigenvalue weighted by molar-refractivity contribution is 5.72. The lowest BCUT2D eigenvalue weighted by Gasteiger charge is -2.18. The van der Waals surface area contributed by atoms with Crippen LogP contribution in [0.3, 0.4) is 0 Å². The minimum absolute atomic E-state index is 0.156. The Kier molecular flexibility index (Phi) is 7.41. The predicted molar refractivity (Wildman–Crippen MR) is 83.4 cm³/mol. The molecule has 0 aliphatic rings. The summed E-state index contributed by atoms with van der Waals surface area (Å²) in [6.07, 6.45) is 7.14. The summed E-state index contributed by atoms with van der Waals surface area (Å²) in [6.45, 7) is 8.41. The van der Waals surface area contributed by atoms with Crippen LogP contribution in [0.1, 0.15) is 25.8 Å². The van der Waals surface area contributed by atoms with Gasteiger partial charge in [-0.1, -0.05) is 69.0 Å². The molecule has 2 unspecified atom stereocenters. The van der Waals surface area contributed by atoms with Gasteiger partial charge in [-0.2, -0.15) is 0 Å². The fourth-order valence-electron chi connectivity index (χ4n) is 1.82. The van der Waals surface area contributed by atoms with Gasteiger partial charge in [-0.3, -0.25) is 4.79 Å². The second-order valence-corrected chi connectivity index (χ2v) is 5.20. The first-order valence-electron chi connectivity index (χ1n) is 7.10. The number of allylic oxidation sites excluding steroid dienone is 3. The summed E-state index contributed by atoms with van der Waals surface area (Å²) in [5, 5.41) is 0. The number of esters is 1. The van der Waals surface area contributed by atoms with Gasteiger partial charge in [0.1, 0.15) is 0 Å². The lowest BCUT2D eigenvalue weighted by Crippen LogP contribution is -2.18. The van der Waals surface area contributed by atoms with Gasteiger partial charge in [0.15, 0.2) is 0 Å². The molecule has 0 amide bonds. The number of ether oxygens (including phenoxy) is 1. The Morgan fingerprint density at radius 1 is 1.25 bits per heavy atom. The highest BCUT2D eigenvalue weighted by Crippen LogP contribution is 2.16. The molecule has 2 nitrogen and oxygen atoms in total. The fraction of sp³-hybridized carbons (Fsp3) is 0.389. The molecule has 1 rings (SSSR count). The SMILES string of the molecule is C=C/C=C/CC(C)C(C)COC(=O)Cc1ccccc1. The van der Waals surface area contributed by atoms with Crippen LogP contribution in [0.4, 0.5) is 0 Å². The van der Waals surface area contributed by atoms with Crippen molar-refractivity contribution in [2.24, 2.45) is 11.8 Å². The van der Waals surface area contributed by atoms with Gasteiger partial charge < -0.3 is 4.74 Å². The number of rotatable bonds is 8. The van der Waals surface area contributed by atoms with Gasteiger partial charge in [0.2, 0.25) is 0 Å². The topological polar surface area (TPSA) is 26.3 Å². The van der Waals surface area contributed by atoms with Crippen LogP contribution in [0.2, 0.25) is 0 Å². The Bertz CT molecular complexity index is 434. The van der Waals surface area contributed by atoms with Crippen molar-refractivity contribution in [3.05, 3.63) is 60.7 Å². The van der Waals surface area contributed by atoms with Crippen molar-refractivity contribution in [2.45, 2.75) is 26.7 Å². The molecule has 0 heterocycles. The van der Waals surface area contributed by atoms with E-state index < -0.39 is 0 Å². The van der Waals surface area contributed by atoms with Crippen LogP contribution in [0.5, 0.6) is 0 Å². The van der Waals surface area contributed by atoms with Crippen LogP contribution in [-0.4, -0.2) is 12.6 Å². The largest absolute Gasteiger partial charge is 0.465 e. The summed E-state index contributed by atoms with van der Waals surface area (Å²) in [7, 11) is 0. The quantitative estimate of drug-likeness (QED) is 0.524. The van der Waals surface area contributed by atoms with Crippen molar-refractivity contribution in [1.29, 1.82) is 0 Å². The Hall–Kier alpha value is -1.83. The predicted octanol–water partition coefficient (Wildman–Crippen LogP) is 4.18. The van der Waals surface area contributed by atoms with Gasteiger partial charge >= 0.3 is 5.97 Å². The molecule has 0 aliphatic heterocycles. The molecule has 2 atom stereocenters. The fourth-order valence-corrected chi connectivity index (χ4v) is 1.82. The van der Waals surface area contributed by atoms with E-state index in [-0.39, 0.29) is 5.97 Å². The summed E-state index contributed by atoms with van der Waals surface area (Å²) in [5.41, 5.74) is 0.993. The number of carbonyl (C=O) groups is 1. The highest BCUT2D eigenvalue weighted by Gasteiger charge is 2.13. The van der Waals surface area contributed by atoms with E-state index in [9.17, 15) is 4.79 Å². The van der Waals surface area contributed by atoms with Crippen molar-refractivity contribution in [1.82, 2.24) is 0 Å². The minimum atomic E-state index is -0.156. The molecule has 1 aromatic carbocycles. The smallest absolute Gasteiger partial charge is 0.310 e. The first-order valence-corrected chi connectivity index (χ1v) is 7.10. The van der Waals surface area contributed by atoms with Crippen molar-refractivity contribution in [2.75, 3.05) is 6.61 Å². The lowest BCUT2D eigenvalue weighted by molar-refractivity contribution is -0.144. The van der Waals surface area contributed by atoms with Crippen molar-refractivity contribution in [3.63, 3.8) is 0 Å². The minimum Gasteiger partial charge on any atom is -0.465 e. The monoisotopic (exact) mass is 272 g/mol. The molecule has 0 bridgehead atoms. The first kappa shape index (κ1) is 16.2. The van der Waals surface area contributed by atoms with Gasteiger partial charge in [0.05, 0.1) is 13.0 Å². The van der Waals surface area contributed by atoms with Crippen LogP contribution in [0.25, 0.3) is 0 Å². The molecule has 1 aromatic rings. The summed E-state index contributed by atoms with van der Waals surface area (Å²) >= 11 is 0. The van der Waals surface area contributed by atoms with E-state index in [2.05, 4.69) is 26.5 Å². The second-order valence-electron chi connectivity index (χ2n) is 5.20. The zero-order chi connectivity index (χ0) is 14.8. The molecular weight excluding hydrogens is 248 g/mol. The average Bonchev–Trinajstić information content (AvgIpc) is 2.46. The Morgan fingerprint density at radius 3 is 2.60 bits per heavy atom. The number of benzene rings is 1. The van der Waals surface area contributed by atoms with Crippen LogP contribution in [0, 0.1) is 11.8 Å². The van der Waals surface area contributed by atoms with E-state index in [1.807, 2.05) is 36.4 Å². The average molecular weight is 272 g/mol. The summed E-state index contributed by atoms with van der Waals surface area (Å²) in [4.78, 5) is 11.8. The molecule has 0 spiro atoms. The van der Waals surface area contributed by atoms with Crippen LogP contribution in [-0.2, 0) is 16.0 Å². The van der Waals surface area contributed by atoms with Crippen LogP contribution >= 0.6 is 0 Å². The summed E-state index contributed by atoms with van der Waals surface area (Å²) in [5.74, 6) is 0.678. The van der Waals surface area contributed by atoms with Gasteiger partial charge in [-0.25, -0.2) is 0 Å². The molecule has 0 saturated carbocycles. The maximum absolute atomic E-state index is 11.8. The maximum Gasteiger partial charge on any atom is 0.310 e. The van der Waals surface area contributed by atoms with Crippen molar-refractivity contribution in [3.8, 4) is 0 Å². The third-order valence-corrected chi connectivity index (χ3v) is 3.45. The second kappa shape index (κ2) is 9.13. The van der Waals surface area contributed by atoms with E-state index in [0.29, 0.717) is 24.9 Å². The highest BCUT2D eigenvalue weighted by atomic mass is 16.5. The molecule has 0 saturated heterocycles. The van der Waals surface area contributed by atoms with Crippen molar-refractivity contribution >= 4 is 5.97 Å². The lowest BCUT2D eigenvalue weighted by atomic mass is 9.93. The standard InChI is InChI=1S/C18H24O2/c1-4-5-7-10-15(2)16(3)14-20-18(19)13-17-11-8-6-9-12-17/h4-9,11-12,15-16H,1,10,13-14H2,2-3H3/b7-5+. The third kappa shape index (κ3) is 6.37. The van der Waals surface area contributed by atoms with E-state index in [0.717, 1.165) is 12.0 Å². The Labute approximate surface area is 122 Å². The molecule has 2 heteroatoms. The van der Waals surface area contributed by atoms with Gasteiger partial charge in [0.25, 0.3) is 0 Å². The number of hydrogen-bond donors (Lipinski definition) is 0. The first-order chi connectivity index (χ1) is 9.63. The Balaban J connectivity index is 2.29. The zero-order valence-corrected chi connectivity index (χ0v) is 12.4. The number of carbonyl (C=O) groups excluding carboxylic acids is 1. The van der Waals surface area contributed by atoms with Crippen LogP contribution < -0.4 is 0 Å². The van der Waals surface area contributed by atoms with Crippen molar-refractivity contribution < 1.29 is 9.53 Å². The van der Waals surface area contributed by atoms with E-state index in [1.54, 1.807) is 6.08 Å². The van der Waals surface area contributed by atoms with E-state index >= 15 is 0 Å². The van der Waals surface area contributed by atoms with Gasteiger partial charge in [-0.15, -0.1) is 0 Å². The molecule has 0 N–H and O–H groups in total. The summed E-state index contributed by atoms with van der Waals surface area (Å²) in [6, 6.07) is 9.68. The molecular formula is C18H24O2. The molecule has 20 heavy (non-hydrogen) atoms. The molecule has 0 fully saturated rings. The maximum atomic E-state index is 11.8. The third-order valence-electron chi connectivity index (χ3n) is 3.45. The molecule has 0 aliphatic carbocycles. The molecule has 108 valence electrons. The number of hydrogen-bond acceptors (Lipinski definition) is 2. The van der Waals surface area contributed by atoms with Gasteiger partial charge in [0, 0.05) is 0 Å². The van der Waals surface area contributed by atoms with Gasteiger partial charge in [-0.05, 0) is 23.8 Å². The van der Waals surface area contributed by atoms with E-state index in [1.165, 1.54) is 0 Å². The zero-order valence-electron chi connectivity index (χ0n) is 12.4. The Morgan fingerprint density at radius 2 is 1.95 bits per heavy atom. The molecule has 0 aromatic heterocycles. The normalized spacial score (nSPS) is 13.9. The van der Waals surface area contributed by atoms with Crippen LogP contribution in [0.15, 0.2) is 55.1 Å². The molecule has 0 radical (unpaired) electrons.